The Hall–Kier alpha value is -2.64. The summed E-state index contributed by atoms with van der Waals surface area (Å²) in [6.07, 6.45) is 18.3. The molecular weight excluding hydrogens is 763 g/mol. The number of benzene rings is 1. The number of rotatable bonds is 22. The van der Waals surface area contributed by atoms with Crippen LogP contribution in [0.3, 0.4) is 0 Å². The number of nitrogens with zero attached hydrogens (tertiary/aromatic N) is 1. The molecule has 6 unspecified atom stereocenters. The van der Waals surface area contributed by atoms with Crippen molar-refractivity contribution in [2.45, 2.75) is 151 Å². The highest BCUT2D eigenvalue weighted by Crippen LogP contribution is 2.80. The maximum atomic E-state index is 14.5. The van der Waals surface area contributed by atoms with E-state index in [-0.39, 0.29) is 36.3 Å². The predicted octanol–water partition coefficient (Wildman–Crippen LogP) is 7.08. The quantitative estimate of drug-likeness (QED) is 0.0706. The summed E-state index contributed by atoms with van der Waals surface area (Å²) in [5.41, 5.74) is -4.00. The maximum Gasteiger partial charge on any atom is 0.338 e. The molecule has 0 radical (unpaired) electrons. The highest BCUT2D eigenvalue weighted by Gasteiger charge is 2.91. The largest absolute Gasteiger partial charge is 0.455 e. The minimum Gasteiger partial charge on any atom is -0.455 e. The molecule has 5 aliphatic carbocycles. The van der Waals surface area contributed by atoms with Crippen molar-refractivity contribution in [3.05, 3.63) is 60.2 Å². The summed E-state index contributed by atoms with van der Waals surface area (Å²) in [5.74, 6) is -2.84. The van der Waals surface area contributed by atoms with Crippen LogP contribution >= 0.6 is 0 Å². The van der Waals surface area contributed by atoms with Gasteiger partial charge in [0.15, 0.2) is 5.60 Å². The van der Waals surface area contributed by atoms with Crippen molar-refractivity contribution >= 4 is 11.9 Å². The van der Waals surface area contributed by atoms with Crippen LogP contribution in [0.25, 0.3) is 0 Å². The number of carbonyl (C=O) groups is 2. The van der Waals surface area contributed by atoms with Crippen molar-refractivity contribution in [3.8, 4) is 0 Å². The van der Waals surface area contributed by atoms with Crippen molar-refractivity contribution in [3.63, 3.8) is 0 Å². The molecule has 11 heteroatoms. The Labute approximate surface area is 358 Å². The van der Waals surface area contributed by atoms with E-state index in [1.807, 2.05) is 6.07 Å². The number of hydrogen-bond acceptors (Lipinski definition) is 11. The van der Waals surface area contributed by atoms with Crippen LogP contribution in [0.5, 0.6) is 0 Å². The van der Waals surface area contributed by atoms with E-state index in [0.29, 0.717) is 18.6 Å². The summed E-state index contributed by atoms with van der Waals surface area (Å²) in [6.45, 7) is 3.46. The van der Waals surface area contributed by atoms with Gasteiger partial charge >= 0.3 is 11.9 Å². The van der Waals surface area contributed by atoms with E-state index in [1.165, 1.54) is 26.4 Å². The van der Waals surface area contributed by atoms with Gasteiger partial charge < -0.3 is 43.5 Å². The van der Waals surface area contributed by atoms with Crippen molar-refractivity contribution in [1.82, 2.24) is 4.90 Å². The van der Waals surface area contributed by atoms with Crippen LogP contribution in [0.15, 0.2) is 54.6 Å². The normalized spacial score (nSPS) is 40.1. The molecule has 0 aromatic heterocycles. The zero-order valence-electron chi connectivity index (χ0n) is 37.1. The number of aliphatic hydroxyl groups excluding tert-OH is 1. The van der Waals surface area contributed by atoms with E-state index >= 15 is 0 Å². The summed E-state index contributed by atoms with van der Waals surface area (Å²) in [5, 5.41) is 26.0. The fourth-order valence-electron chi connectivity index (χ4n) is 14.3. The lowest BCUT2D eigenvalue weighted by Gasteiger charge is -2.69. The molecule has 1 aliphatic heterocycles. The molecule has 1 spiro atoms. The number of esters is 2. The fraction of sp³-hybridized carbons (Fsp3) is 0.755. The molecule has 0 amide bonds. The third-order valence-electron chi connectivity index (χ3n) is 16.1. The molecule has 7 bridgehead atoms. The summed E-state index contributed by atoms with van der Waals surface area (Å²) >= 11 is 0. The van der Waals surface area contributed by atoms with Crippen molar-refractivity contribution in [1.29, 1.82) is 0 Å². The van der Waals surface area contributed by atoms with Gasteiger partial charge in [0.1, 0.15) is 23.9 Å². The Balaban J connectivity index is 1.17. The van der Waals surface area contributed by atoms with Gasteiger partial charge in [-0.2, -0.15) is 0 Å². The summed E-state index contributed by atoms with van der Waals surface area (Å²) in [7, 11) is 8.79. The molecule has 6 fully saturated rings. The van der Waals surface area contributed by atoms with Gasteiger partial charge in [0.25, 0.3) is 0 Å². The van der Waals surface area contributed by atoms with E-state index in [1.54, 1.807) is 45.6 Å². The highest BCUT2D eigenvalue weighted by molar-refractivity contribution is 5.89. The van der Waals surface area contributed by atoms with Crippen LogP contribution in [0.4, 0.5) is 0 Å². The molecule has 60 heavy (non-hydrogen) atoms. The summed E-state index contributed by atoms with van der Waals surface area (Å²) < 4.78 is 38.8. The van der Waals surface area contributed by atoms with E-state index in [0.717, 1.165) is 64.3 Å². The van der Waals surface area contributed by atoms with Crippen molar-refractivity contribution in [2.24, 2.45) is 34.5 Å². The first-order chi connectivity index (χ1) is 29.1. The molecule has 1 aromatic carbocycles. The molecular formula is C49H73NO10. The number of aliphatic hydroxyl groups is 2. The second kappa shape index (κ2) is 19.0. The Kier molecular flexibility index (Phi) is 14.4. The lowest BCUT2D eigenvalue weighted by Crippen LogP contribution is -2.80. The molecule has 1 saturated heterocycles. The van der Waals surface area contributed by atoms with E-state index in [4.69, 9.17) is 28.4 Å². The molecule has 7 rings (SSSR count). The van der Waals surface area contributed by atoms with Gasteiger partial charge in [-0.25, -0.2) is 4.79 Å². The third-order valence-corrected chi connectivity index (χ3v) is 16.1. The summed E-state index contributed by atoms with van der Waals surface area (Å²) in [4.78, 5) is 30.9. The second-order valence-corrected chi connectivity index (χ2v) is 19.1. The lowest BCUT2D eigenvalue weighted by molar-refractivity contribution is -0.317. The highest BCUT2D eigenvalue weighted by atomic mass is 16.6. The van der Waals surface area contributed by atoms with Gasteiger partial charge in [0.05, 0.1) is 24.4 Å². The van der Waals surface area contributed by atoms with Gasteiger partial charge in [-0.05, 0) is 82.9 Å². The Morgan fingerprint density at radius 3 is 2.23 bits per heavy atom. The summed E-state index contributed by atoms with van der Waals surface area (Å²) in [6, 6.07) is 8.50. The maximum absolute atomic E-state index is 14.5. The average Bonchev–Trinajstić information content (AvgIpc) is 3.64. The Morgan fingerprint density at radius 2 is 1.57 bits per heavy atom. The SMILES string of the molecule is CCCCC/C=C/C/C=C/CCCCCCCC(=O)O[C@]12C3C(OC(=O)c4ccccc4)C(O)(CC3[C@@]34C5[C@@H]1[C@H](OC)C3[C@@](COC)(CC[C@@H]4OC)CN5C)[C@@H](OC)[C@@H]2O. The fourth-order valence-corrected chi connectivity index (χ4v) is 14.3. The predicted molar refractivity (Wildman–Crippen MR) is 228 cm³/mol. The second-order valence-electron chi connectivity index (χ2n) is 19.1. The van der Waals surface area contributed by atoms with Gasteiger partial charge in [0.2, 0.25) is 0 Å². The molecule has 2 N–H and O–H groups in total. The van der Waals surface area contributed by atoms with Crippen LogP contribution in [0, 0.1) is 34.5 Å². The zero-order valence-corrected chi connectivity index (χ0v) is 37.1. The topological polar surface area (TPSA) is 133 Å². The first-order valence-corrected chi connectivity index (χ1v) is 23.0. The number of ether oxygens (including phenoxy) is 6. The lowest BCUT2D eigenvalue weighted by atomic mass is 9.43. The van der Waals surface area contributed by atoms with E-state index in [2.05, 4.69) is 43.2 Å². The monoisotopic (exact) mass is 836 g/mol. The number of unbranched alkanes of at least 4 members (excludes halogenated alkanes) is 8. The van der Waals surface area contributed by atoms with Gasteiger partial charge in [-0.15, -0.1) is 0 Å². The number of likely N-dealkylation sites (tertiary alicyclic amines) is 1. The third kappa shape index (κ3) is 7.33. The molecule has 334 valence electrons. The number of allylic oxidation sites excluding steroid dienone is 4. The molecule has 1 heterocycles. The standard InChI is InChI=1S/C49H73NO10/c1-7-8-9-10-11-12-13-14-15-16-17-18-19-20-24-27-36(51)60-49-37-34(30-47(54,44(58-6)42(49)52)43(37)59-45(53)33-25-22-21-23-26-33)48-35(56-4)28-29-46(32-55-3)31-50(2)41(48)38(49)39(57-5)40(46)48/h11-12,14-15,21-23,25-26,34-35,37-44,52,54H,7-10,13,16-20,24,27-32H2,1-6H3/b12-11+,15-14+/t34?,35-,37?,38-,39-,40?,41?,42-,43?,44-,46-,47?,48-,49+/m0/s1. The first-order valence-electron chi connectivity index (χ1n) is 23.0. The van der Waals surface area contributed by atoms with Crippen molar-refractivity contribution in [2.75, 3.05) is 48.6 Å². The number of carbonyl (C=O) groups excluding carboxylic acids is 2. The minimum absolute atomic E-state index is 0.117. The molecule has 14 atom stereocenters. The molecule has 1 aromatic rings. The zero-order chi connectivity index (χ0) is 42.7. The van der Waals surface area contributed by atoms with Crippen LogP contribution in [0.2, 0.25) is 0 Å². The van der Waals surface area contributed by atoms with Crippen LogP contribution in [-0.4, -0.2) is 123 Å². The van der Waals surface area contributed by atoms with Gasteiger partial charge in [0, 0.05) is 76.0 Å². The van der Waals surface area contributed by atoms with Crippen LogP contribution in [0.1, 0.15) is 114 Å². The number of piperidine rings is 1. The van der Waals surface area contributed by atoms with Gasteiger partial charge in [-0.3, -0.25) is 4.79 Å². The first kappa shape index (κ1) is 45.4. The van der Waals surface area contributed by atoms with Crippen molar-refractivity contribution < 1.29 is 48.2 Å². The molecule has 5 saturated carbocycles. The van der Waals surface area contributed by atoms with Crippen LogP contribution < -0.4 is 0 Å². The number of hydrogen-bond donors (Lipinski definition) is 2. The molecule has 11 nitrogen and oxygen atoms in total. The number of methoxy groups -OCH3 is 4. The van der Waals surface area contributed by atoms with Crippen LogP contribution in [-0.2, 0) is 33.2 Å². The number of fused-ring (bicyclic) bond motifs is 2. The average molecular weight is 836 g/mol. The Bertz CT molecular complexity index is 1670. The smallest absolute Gasteiger partial charge is 0.338 e. The molecule has 6 aliphatic rings. The van der Waals surface area contributed by atoms with E-state index in [9.17, 15) is 19.8 Å². The van der Waals surface area contributed by atoms with Gasteiger partial charge in [-0.1, -0.05) is 81.5 Å². The minimum atomic E-state index is -1.78. The van der Waals surface area contributed by atoms with E-state index < -0.39 is 70.7 Å². The Morgan fingerprint density at radius 1 is 0.867 bits per heavy atom.